The number of hydrogen-bond acceptors (Lipinski definition) is 4. The van der Waals surface area contributed by atoms with Gasteiger partial charge in [0.05, 0.1) is 24.4 Å². The van der Waals surface area contributed by atoms with E-state index in [1.165, 1.54) is 0 Å². The Bertz CT molecular complexity index is 808. The van der Waals surface area contributed by atoms with Gasteiger partial charge >= 0.3 is 5.63 Å². The number of rotatable bonds is 3. The van der Waals surface area contributed by atoms with Crippen LogP contribution in [0.1, 0.15) is 11.5 Å². The molecular weight excluding hydrogens is 254 g/mol. The van der Waals surface area contributed by atoms with Crippen LogP contribution in [0.3, 0.4) is 0 Å². The number of benzene rings is 2. The molecular formula is C16H13NO3. The normalized spacial score (nSPS) is 10.7. The molecule has 3 rings (SSSR count). The smallest absolute Gasteiger partial charge is 0.346 e. The second-order valence-corrected chi connectivity index (χ2v) is 4.40. The zero-order valence-corrected chi connectivity index (χ0v) is 11.0. The van der Waals surface area contributed by atoms with Gasteiger partial charge in [0.1, 0.15) is 5.75 Å². The molecule has 0 amide bonds. The largest absolute Gasteiger partial charge is 0.496 e. The summed E-state index contributed by atoms with van der Waals surface area (Å²) in [5.74, 6) is 1.14. The summed E-state index contributed by atoms with van der Waals surface area (Å²) >= 11 is 0. The fourth-order valence-corrected chi connectivity index (χ4v) is 2.15. The zero-order chi connectivity index (χ0) is 13.9. The lowest BCUT2D eigenvalue weighted by Crippen LogP contribution is -2.06. The highest BCUT2D eigenvalue weighted by Gasteiger charge is 2.09. The number of hydrogen-bond donors (Lipinski definition) is 0. The first-order valence-corrected chi connectivity index (χ1v) is 6.28. The van der Waals surface area contributed by atoms with Gasteiger partial charge in [-0.05, 0) is 18.2 Å². The lowest BCUT2D eigenvalue weighted by Gasteiger charge is -2.07. The molecule has 0 bridgehead atoms. The zero-order valence-electron chi connectivity index (χ0n) is 11.0. The number of aromatic nitrogens is 1. The Kier molecular flexibility index (Phi) is 3.21. The van der Waals surface area contributed by atoms with E-state index in [1.807, 2.05) is 30.3 Å². The van der Waals surface area contributed by atoms with Gasteiger partial charge in [0.15, 0.2) is 0 Å². The molecule has 0 aliphatic carbocycles. The van der Waals surface area contributed by atoms with Crippen molar-refractivity contribution in [1.29, 1.82) is 0 Å². The predicted octanol–water partition coefficient (Wildman–Crippen LogP) is 2.79. The Morgan fingerprint density at radius 3 is 2.70 bits per heavy atom. The summed E-state index contributed by atoms with van der Waals surface area (Å²) in [7, 11) is 1.61. The highest BCUT2D eigenvalue weighted by molar-refractivity contribution is 5.76. The van der Waals surface area contributed by atoms with Crippen LogP contribution in [0.5, 0.6) is 5.75 Å². The minimum atomic E-state index is -0.361. The van der Waals surface area contributed by atoms with Gasteiger partial charge in [0.25, 0.3) is 0 Å². The summed E-state index contributed by atoms with van der Waals surface area (Å²) in [6, 6.07) is 14.8. The van der Waals surface area contributed by atoms with E-state index in [2.05, 4.69) is 4.98 Å². The maximum Gasteiger partial charge on any atom is 0.346 e. The van der Waals surface area contributed by atoms with Crippen molar-refractivity contribution in [3.8, 4) is 5.75 Å². The van der Waals surface area contributed by atoms with Crippen LogP contribution in [0, 0.1) is 0 Å². The molecule has 0 aliphatic rings. The van der Waals surface area contributed by atoms with Gasteiger partial charge in [0.2, 0.25) is 5.89 Å². The molecule has 2 aromatic carbocycles. The first kappa shape index (κ1) is 12.4. The van der Waals surface area contributed by atoms with E-state index in [1.54, 1.807) is 25.3 Å². The van der Waals surface area contributed by atoms with E-state index in [0.717, 1.165) is 11.3 Å². The standard InChI is InChI=1S/C16H13NO3/c1-19-14-9-5-2-6-11(14)10-15-17-13-8-4-3-7-12(13)16(18)20-15/h2-9H,10H2,1H3. The maximum atomic E-state index is 11.9. The van der Waals surface area contributed by atoms with Gasteiger partial charge in [-0.2, -0.15) is 0 Å². The fourth-order valence-electron chi connectivity index (χ4n) is 2.15. The van der Waals surface area contributed by atoms with Crippen molar-refractivity contribution in [3.05, 3.63) is 70.4 Å². The predicted molar refractivity (Wildman–Crippen MR) is 76.1 cm³/mol. The maximum absolute atomic E-state index is 11.9. The molecule has 1 heterocycles. The third kappa shape index (κ3) is 2.28. The van der Waals surface area contributed by atoms with Crippen molar-refractivity contribution in [1.82, 2.24) is 4.98 Å². The third-order valence-corrected chi connectivity index (χ3v) is 3.11. The van der Waals surface area contributed by atoms with Crippen LogP contribution in [-0.2, 0) is 6.42 Å². The summed E-state index contributed by atoms with van der Waals surface area (Å²) < 4.78 is 10.6. The molecule has 0 fully saturated rings. The van der Waals surface area contributed by atoms with Gasteiger partial charge in [-0.3, -0.25) is 0 Å². The van der Waals surface area contributed by atoms with Crippen LogP contribution in [0.15, 0.2) is 57.7 Å². The summed E-state index contributed by atoms with van der Waals surface area (Å²) in [6.07, 6.45) is 0.421. The molecule has 1 aromatic heterocycles. The minimum Gasteiger partial charge on any atom is -0.496 e. The lowest BCUT2D eigenvalue weighted by atomic mass is 10.1. The Labute approximate surface area is 115 Å². The van der Waals surface area contributed by atoms with E-state index in [0.29, 0.717) is 23.2 Å². The molecule has 20 heavy (non-hydrogen) atoms. The molecule has 0 atom stereocenters. The molecule has 4 nitrogen and oxygen atoms in total. The molecule has 0 aliphatic heterocycles. The molecule has 4 heteroatoms. The lowest BCUT2D eigenvalue weighted by molar-refractivity contribution is 0.405. The van der Waals surface area contributed by atoms with Gasteiger partial charge < -0.3 is 9.15 Å². The van der Waals surface area contributed by atoms with Crippen LogP contribution in [-0.4, -0.2) is 12.1 Å². The Hall–Kier alpha value is -2.62. The van der Waals surface area contributed by atoms with Crippen molar-refractivity contribution in [2.24, 2.45) is 0 Å². The number of para-hydroxylation sites is 2. The molecule has 0 spiro atoms. The topological polar surface area (TPSA) is 52.3 Å². The summed E-state index contributed by atoms with van der Waals surface area (Å²) in [6.45, 7) is 0. The fraction of sp³-hybridized carbons (Fsp3) is 0.125. The second-order valence-electron chi connectivity index (χ2n) is 4.40. The van der Waals surface area contributed by atoms with E-state index >= 15 is 0 Å². The Balaban J connectivity index is 2.05. The Morgan fingerprint density at radius 2 is 1.85 bits per heavy atom. The Morgan fingerprint density at radius 1 is 1.10 bits per heavy atom. The van der Waals surface area contributed by atoms with Crippen LogP contribution in [0.25, 0.3) is 10.9 Å². The molecule has 0 N–H and O–H groups in total. The van der Waals surface area contributed by atoms with Crippen LogP contribution < -0.4 is 10.4 Å². The monoisotopic (exact) mass is 267 g/mol. The molecule has 0 saturated heterocycles. The van der Waals surface area contributed by atoms with E-state index in [4.69, 9.17) is 9.15 Å². The number of nitrogens with zero attached hydrogens (tertiary/aromatic N) is 1. The summed E-state index contributed by atoms with van der Waals surface area (Å²) in [5, 5.41) is 0.497. The van der Waals surface area contributed by atoms with E-state index in [-0.39, 0.29) is 5.63 Å². The van der Waals surface area contributed by atoms with Crippen molar-refractivity contribution in [2.45, 2.75) is 6.42 Å². The molecule has 0 unspecified atom stereocenters. The average Bonchev–Trinajstić information content (AvgIpc) is 2.48. The van der Waals surface area contributed by atoms with E-state index in [9.17, 15) is 4.79 Å². The number of methoxy groups -OCH3 is 1. The third-order valence-electron chi connectivity index (χ3n) is 3.11. The van der Waals surface area contributed by atoms with E-state index < -0.39 is 0 Å². The molecule has 100 valence electrons. The van der Waals surface area contributed by atoms with Crippen molar-refractivity contribution in [3.63, 3.8) is 0 Å². The quantitative estimate of drug-likeness (QED) is 0.732. The van der Waals surface area contributed by atoms with Crippen LogP contribution in [0.2, 0.25) is 0 Å². The van der Waals surface area contributed by atoms with Crippen molar-refractivity contribution in [2.75, 3.05) is 7.11 Å². The second kappa shape index (κ2) is 5.17. The first-order valence-electron chi connectivity index (χ1n) is 6.28. The molecule has 0 radical (unpaired) electrons. The van der Waals surface area contributed by atoms with Crippen LogP contribution >= 0.6 is 0 Å². The minimum absolute atomic E-state index is 0.361. The van der Waals surface area contributed by atoms with Gasteiger partial charge in [-0.1, -0.05) is 30.3 Å². The summed E-state index contributed by atoms with van der Waals surface area (Å²) in [4.78, 5) is 16.3. The van der Waals surface area contributed by atoms with Gasteiger partial charge in [-0.15, -0.1) is 0 Å². The number of ether oxygens (including phenoxy) is 1. The highest BCUT2D eigenvalue weighted by atomic mass is 16.5. The summed E-state index contributed by atoms with van der Waals surface area (Å²) in [5.41, 5.74) is 1.22. The van der Waals surface area contributed by atoms with Crippen LogP contribution in [0.4, 0.5) is 0 Å². The SMILES string of the molecule is COc1ccccc1Cc1nc2ccccc2c(=O)o1. The molecule has 0 saturated carbocycles. The van der Waals surface area contributed by atoms with Gasteiger partial charge in [0, 0.05) is 5.56 Å². The van der Waals surface area contributed by atoms with Crippen molar-refractivity contribution >= 4 is 10.9 Å². The highest BCUT2D eigenvalue weighted by Crippen LogP contribution is 2.20. The van der Waals surface area contributed by atoms with Crippen molar-refractivity contribution < 1.29 is 9.15 Å². The van der Waals surface area contributed by atoms with Gasteiger partial charge in [-0.25, -0.2) is 9.78 Å². The molecule has 3 aromatic rings. The number of fused-ring (bicyclic) bond motifs is 1. The first-order chi connectivity index (χ1) is 9.78. The average molecular weight is 267 g/mol.